The molecule has 1 aromatic carbocycles. The molecule has 0 aromatic heterocycles. The van der Waals surface area contributed by atoms with E-state index in [1.165, 1.54) is 0 Å². The minimum absolute atomic E-state index is 0.0228. The SMILES string of the molecule is Cc1cc(S(=O)(=O)NCCO)c(C(C)C)cc1Br. The molecule has 0 spiro atoms. The predicted octanol–water partition coefficient (Wildman–Crippen LogP) is 2.15. The molecule has 18 heavy (non-hydrogen) atoms. The lowest BCUT2D eigenvalue weighted by Gasteiger charge is -2.15. The van der Waals surface area contributed by atoms with E-state index in [1.807, 2.05) is 26.8 Å². The molecule has 0 radical (unpaired) electrons. The number of nitrogens with one attached hydrogen (secondary N) is 1. The molecule has 1 aromatic rings. The van der Waals surface area contributed by atoms with E-state index in [0.717, 1.165) is 15.6 Å². The first-order valence-corrected chi connectivity index (χ1v) is 7.97. The highest BCUT2D eigenvalue weighted by Crippen LogP contribution is 2.29. The van der Waals surface area contributed by atoms with Crippen molar-refractivity contribution in [2.45, 2.75) is 31.6 Å². The molecule has 0 heterocycles. The standard InChI is InChI=1S/C12H18BrNO3S/c1-8(2)10-7-11(13)9(3)6-12(10)18(16,17)14-4-5-15/h6-8,14-15H,4-5H2,1-3H3. The maximum atomic E-state index is 12.1. The summed E-state index contributed by atoms with van der Waals surface area (Å²) < 4.78 is 27.6. The molecule has 2 N–H and O–H groups in total. The van der Waals surface area contributed by atoms with Crippen LogP contribution in [0.3, 0.4) is 0 Å². The second kappa shape index (κ2) is 6.14. The largest absolute Gasteiger partial charge is 0.395 e. The Bertz CT molecular complexity index is 526. The Labute approximate surface area is 117 Å². The van der Waals surface area contributed by atoms with E-state index in [-0.39, 0.29) is 24.0 Å². The van der Waals surface area contributed by atoms with Crippen LogP contribution in [0.5, 0.6) is 0 Å². The Morgan fingerprint density at radius 1 is 1.39 bits per heavy atom. The molecule has 0 unspecified atom stereocenters. The van der Waals surface area contributed by atoms with Crippen LogP contribution in [0.4, 0.5) is 0 Å². The third-order valence-electron chi connectivity index (χ3n) is 2.61. The third-order valence-corrected chi connectivity index (χ3v) is 4.98. The van der Waals surface area contributed by atoms with Gasteiger partial charge in [-0.15, -0.1) is 0 Å². The van der Waals surface area contributed by atoms with Crippen LogP contribution in [-0.4, -0.2) is 26.7 Å². The lowest BCUT2D eigenvalue weighted by atomic mass is 10.0. The van der Waals surface area contributed by atoms with Crippen LogP contribution in [0.25, 0.3) is 0 Å². The van der Waals surface area contributed by atoms with Gasteiger partial charge in [0.05, 0.1) is 11.5 Å². The Balaban J connectivity index is 3.34. The minimum Gasteiger partial charge on any atom is -0.395 e. The Morgan fingerprint density at radius 2 is 2.00 bits per heavy atom. The molecule has 1 rings (SSSR count). The van der Waals surface area contributed by atoms with Crippen LogP contribution in [0.2, 0.25) is 0 Å². The third kappa shape index (κ3) is 3.54. The van der Waals surface area contributed by atoms with Crippen molar-refractivity contribution in [2.75, 3.05) is 13.2 Å². The van der Waals surface area contributed by atoms with Crippen LogP contribution >= 0.6 is 15.9 Å². The molecular formula is C12H18BrNO3S. The number of hydrogen-bond donors (Lipinski definition) is 2. The number of aliphatic hydroxyl groups excluding tert-OH is 1. The topological polar surface area (TPSA) is 66.4 Å². The molecule has 0 bridgehead atoms. The summed E-state index contributed by atoms with van der Waals surface area (Å²) in [4.78, 5) is 0.284. The van der Waals surface area contributed by atoms with Crippen LogP contribution in [0, 0.1) is 6.92 Å². The highest BCUT2D eigenvalue weighted by Gasteiger charge is 2.20. The number of benzene rings is 1. The van der Waals surface area contributed by atoms with E-state index < -0.39 is 10.0 Å². The van der Waals surface area contributed by atoms with Gasteiger partial charge in [0, 0.05) is 11.0 Å². The average molecular weight is 336 g/mol. The van der Waals surface area contributed by atoms with E-state index in [0.29, 0.717) is 0 Å². The van der Waals surface area contributed by atoms with Crippen molar-refractivity contribution in [1.29, 1.82) is 0 Å². The van der Waals surface area contributed by atoms with Crippen molar-refractivity contribution < 1.29 is 13.5 Å². The van der Waals surface area contributed by atoms with Crippen molar-refractivity contribution in [2.24, 2.45) is 0 Å². The lowest BCUT2D eigenvalue weighted by molar-refractivity contribution is 0.301. The Kier molecular flexibility index (Phi) is 5.33. The van der Waals surface area contributed by atoms with Crippen LogP contribution < -0.4 is 4.72 Å². The van der Waals surface area contributed by atoms with Gasteiger partial charge < -0.3 is 5.11 Å². The van der Waals surface area contributed by atoms with E-state index in [2.05, 4.69) is 20.7 Å². The van der Waals surface area contributed by atoms with Gasteiger partial charge in [0.15, 0.2) is 0 Å². The number of aliphatic hydroxyl groups is 1. The summed E-state index contributed by atoms with van der Waals surface area (Å²) in [6.07, 6.45) is 0. The van der Waals surface area contributed by atoms with Crippen molar-refractivity contribution in [3.05, 3.63) is 27.7 Å². The van der Waals surface area contributed by atoms with Gasteiger partial charge in [-0.25, -0.2) is 13.1 Å². The molecule has 0 amide bonds. The highest BCUT2D eigenvalue weighted by atomic mass is 79.9. The summed E-state index contributed by atoms with van der Waals surface area (Å²) in [6.45, 7) is 5.55. The first-order valence-electron chi connectivity index (χ1n) is 5.70. The maximum Gasteiger partial charge on any atom is 0.240 e. The quantitative estimate of drug-likeness (QED) is 0.866. The molecule has 0 saturated heterocycles. The van der Waals surface area contributed by atoms with Gasteiger partial charge in [0.25, 0.3) is 0 Å². The lowest BCUT2D eigenvalue weighted by Crippen LogP contribution is -2.27. The van der Waals surface area contributed by atoms with Gasteiger partial charge in [-0.1, -0.05) is 29.8 Å². The van der Waals surface area contributed by atoms with Crippen molar-refractivity contribution in [3.8, 4) is 0 Å². The van der Waals surface area contributed by atoms with Gasteiger partial charge in [0.1, 0.15) is 0 Å². The normalized spacial score (nSPS) is 12.1. The first-order chi connectivity index (χ1) is 8.29. The molecule has 4 nitrogen and oxygen atoms in total. The summed E-state index contributed by atoms with van der Waals surface area (Å²) in [7, 11) is -3.57. The Hall–Kier alpha value is -0.430. The van der Waals surface area contributed by atoms with E-state index in [9.17, 15) is 8.42 Å². The zero-order valence-electron chi connectivity index (χ0n) is 10.7. The summed E-state index contributed by atoms with van der Waals surface area (Å²) in [5, 5.41) is 8.72. The average Bonchev–Trinajstić information content (AvgIpc) is 2.29. The predicted molar refractivity (Wildman–Crippen MR) is 75.2 cm³/mol. The smallest absolute Gasteiger partial charge is 0.240 e. The van der Waals surface area contributed by atoms with Gasteiger partial charge >= 0.3 is 0 Å². The summed E-state index contributed by atoms with van der Waals surface area (Å²) in [6, 6.07) is 3.49. The first kappa shape index (κ1) is 15.6. The summed E-state index contributed by atoms with van der Waals surface area (Å²) in [5.74, 6) is 0.0996. The second-order valence-electron chi connectivity index (χ2n) is 4.42. The van der Waals surface area contributed by atoms with E-state index in [1.54, 1.807) is 6.07 Å². The molecule has 102 valence electrons. The number of hydrogen-bond acceptors (Lipinski definition) is 3. The maximum absolute atomic E-state index is 12.1. The molecule has 0 aliphatic heterocycles. The number of sulfonamides is 1. The van der Waals surface area contributed by atoms with Gasteiger partial charge in [-0.3, -0.25) is 0 Å². The fourth-order valence-electron chi connectivity index (χ4n) is 1.61. The molecule has 0 aliphatic carbocycles. The van der Waals surface area contributed by atoms with E-state index >= 15 is 0 Å². The minimum atomic E-state index is -3.57. The summed E-state index contributed by atoms with van der Waals surface area (Å²) >= 11 is 3.41. The molecule has 0 fully saturated rings. The van der Waals surface area contributed by atoms with Crippen molar-refractivity contribution in [1.82, 2.24) is 4.72 Å². The monoisotopic (exact) mass is 335 g/mol. The number of aryl methyl sites for hydroxylation is 1. The zero-order valence-corrected chi connectivity index (χ0v) is 13.1. The molecule has 0 aliphatic rings. The molecule has 6 heteroatoms. The van der Waals surface area contributed by atoms with Crippen LogP contribution in [0.1, 0.15) is 30.9 Å². The van der Waals surface area contributed by atoms with Crippen LogP contribution in [0.15, 0.2) is 21.5 Å². The van der Waals surface area contributed by atoms with E-state index in [4.69, 9.17) is 5.11 Å². The van der Waals surface area contributed by atoms with Gasteiger partial charge in [-0.2, -0.15) is 0 Å². The van der Waals surface area contributed by atoms with Crippen molar-refractivity contribution >= 4 is 26.0 Å². The highest BCUT2D eigenvalue weighted by molar-refractivity contribution is 9.10. The zero-order chi connectivity index (χ0) is 13.9. The number of halogens is 1. The van der Waals surface area contributed by atoms with Gasteiger partial charge in [-0.05, 0) is 36.1 Å². The summed E-state index contributed by atoms with van der Waals surface area (Å²) in [5.41, 5.74) is 1.63. The fourth-order valence-corrected chi connectivity index (χ4v) is 3.43. The van der Waals surface area contributed by atoms with Crippen LogP contribution in [-0.2, 0) is 10.0 Å². The fraction of sp³-hybridized carbons (Fsp3) is 0.500. The molecule has 0 saturated carbocycles. The number of rotatable bonds is 5. The molecular weight excluding hydrogens is 318 g/mol. The molecule has 0 atom stereocenters. The van der Waals surface area contributed by atoms with Crippen molar-refractivity contribution in [3.63, 3.8) is 0 Å². The second-order valence-corrected chi connectivity index (χ2v) is 7.01. The Morgan fingerprint density at radius 3 is 2.50 bits per heavy atom. The van der Waals surface area contributed by atoms with Gasteiger partial charge in [0.2, 0.25) is 10.0 Å².